The molecule has 3 aromatic carbocycles. The monoisotopic (exact) mass is 417 g/mol. The Labute approximate surface area is 178 Å². The van der Waals surface area contributed by atoms with Crippen LogP contribution in [-0.4, -0.2) is 17.8 Å². The van der Waals surface area contributed by atoms with Crippen molar-refractivity contribution in [1.82, 2.24) is 0 Å². The minimum Gasteiger partial charge on any atom is -0.497 e. The van der Waals surface area contributed by atoms with E-state index in [2.05, 4.69) is 0 Å². The first-order valence-electron chi connectivity index (χ1n) is 9.53. The predicted molar refractivity (Wildman–Crippen MR) is 115 cm³/mol. The number of hydrogen-bond acceptors (Lipinski definition) is 6. The summed E-state index contributed by atoms with van der Waals surface area (Å²) in [4.78, 5) is 23.1. The fourth-order valence-corrected chi connectivity index (χ4v) is 3.29. The van der Waals surface area contributed by atoms with Crippen LogP contribution in [-0.2, 0) is 6.61 Å². The summed E-state index contributed by atoms with van der Waals surface area (Å²) in [5.74, 6) is 1.80. The van der Waals surface area contributed by atoms with Crippen molar-refractivity contribution in [2.75, 3.05) is 7.11 Å². The lowest BCUT2D eigenvalue weighted by Gasteiger charge is -2.09. The molecule has 0 unspecified atom stereocenters. The number of hydrogen-bond donors (Lipinski definition) is 0. The van der Waals surface area contributed by atoms with Crippen LogP contribution in [0.25, 0.3) is 6.08 Å². The van der Waals surface area contributed by atoms with Crippen LogP contribution in [0, 0.1) is 17.0 Å². The zero-order valence-corrected chi connectivity index (χ0v) is 17.0. The second kappa shape index (κ2) is 8.31. The van der Waals surface area contributed by atoms with Gasteiger partial charge in [-0.1, -0.05) is 12.1 Å². The largest absolute Gasteiger partial charge is 0.497 e. The molecule has 1 aliphatic heterocycles. The highest BCUT2D eigenvalue weighted by atomic mass is 16.6. The molecule has 0 fully saturated rings. The molecule has 0 N–H and O–H groups in total. The first kappa shape index (κ1) is 20.2. The number of ether oxygens (including phenoxy) is 3. The predicted octanol–water partition coefficient (Wildman–Crippen LogP) is 5.11. The average Bonchev–Trinajstić information content (AvgIpc) is 3.08. The second-order valence-corrected chi connectivity index (χ2v) is 7.04. The molecule has 7 heteroatoms. The number of carbonyl (C=O) groups excluding carboxylic acids is 1. The number of nitro benzene ring substituents is 1. The summed E-state index contributed by atoms with van der Waals surface area (Å²) in [6.45, 7) is 2.06. The molecule has 4 rings (SSSR count). The number of rotatable bonds is 6. The Morgan fingerprint density at radius 3 is 2.39 bits per heavy atom. The molecule has 0 radical (unpaired) electrons. The zero-order valence-electron chi connectivity index (χ0n) is 17.0. The van der Waals surface area contributed by atoms with E-state index in [9.17, 15) is 14.9 Å². The van der Waals surface area contributed by atoms with Gasteiger partial charge in [0.25, 0.3) is 5.69 Å². The van der Waals surface area contributed by atoms with Gasteiger partial charge in [-0.2, -0.15) is 0 Å². The minimum absolute atomic E-state index is 0.0280. The van der Waals surface area contributed by atoms with Crippen LogP contribution in [0.5, 0.6) is 17.2 Å². The highest BCUT2D eigenvalue weighted by molar-refractivity contribution is 6.15. The third-order valence-electron chi connectivity index (χ3n) is 4.91. The Hall–Kier alpha value is -4.13. The van der Waals surface area contributed by atoms with Gasteiger partial charge in [-0.25, -0.2) is 0 Å². The summed E-state index contributed by atoms with van der Waals surface area (Å²) < 4.78 is 16.8. The van der Waals surface area contributed by atoms with Gasteiger partial charge >= 0.3 is 0 Å². The highest BCUT2D eigenvalue weighted by Gasteiger charge is 2.30. The van der Waals surface area contributed by atoms with E-state index in [0.29, 0.717) is 17.1 Å². The van der Waals surface area contributed by atoms with Crippen molar-refractivity contribution in [3.8, 4) is 17.2 Å². The topological polar surface area (TPSA) is 87.9 Å². The number of nitrogens with zero attached hydrogens (tertiary/aromatic N) is 1. The quantitative estimate of drug-likeness (QED) is 0.315. The van der Waals surface area contributed by atoms with Crippen LogP contribution in [0.15, 0.2) is 66.4 Å². The van der Waals surface area contributed by atoms with Gasteiger partial charge in [0.15, 0.2) is 5.76 Å². The van der Waals surface area contributed by atoms with Gasteiger partial charge < -0.3 is 14.2 Å². The van der Waals surface area contributed by atoms with E-state index in [1.165, 1.54) is 12.1 Å². The van der Waals surface area contributed by atoms with E-state index in [0.717, 1.165) is 22.4 Å². The van der Waals surface area contributed by atoms with Gasteiger partial charge in [0.05, 0.1) is 17.6 Å². The summed E-state index contributed by atoms with van der Waals surface area (Å²) >= 11 is 0. The van der Waals surface area contributed by atoms with E-state index in [1.807, 2.05) is 31.2 Å². The standard InChI is InChI=1S/C24H19NO6/c1-15-11-20(30-14-17-3-7-18(8-4-17)25(27)28)13-21-23(15)24(26)22(31-21)12-16-5-9-19(29-2)10-6-16/h3-13H,14H2,1-2H3/b22-12-. The maximum Gasteiger partial charge on any atom is 0.269 e. The van der Waals surface area contributed by atoms with Gasteiger partial charge in [-0.3, -0.25) is 14.9 Å². The Morgan fingerprint density at radius 1 is 1.03 bits per heavy atom. The lowest BCUT2D eigenvalue weighted by atomic mass is 10.0. The molecule has 7 nitrogen and oxygen atoms in total. The molecule has 31 heavy (non-hydrogen) atoms. The van der Waals surface area contributed by atoms with Crippen LogP contribution < -0.4 is 14.2 Å². The van der Waals surface area contributed by atoms with Crippen molar-refractivity contribution in [2.45, 2.75) is 13.5 Å². The molecule has 0 saturated carbocycles. The Morgan fingerprint density at radius 2 is 1.74 bits per heavy atom. The molecular formula is C24H19NO6. The summed E-state index contributed by atoms with van der Waals surface area (Å²) in [5, 5.41) is 10.8. The summed E-state index contributed by atoms with van der Waals surface area (Å²) in [6, 6.07) is 16.9. The third-order valence-corrected chi connectivity index (χ3v) is 4.91. The van der Waals surface area contributed by atoms with Gasteiger partial charge in [0.1, 0.15) is 23.9 Å². The molecule has 3 aromatic rings. The number of carbonyl (C=O) groups is 1. The van der Waals surface area contributed by atoms with Crippen molar-refractivity contribution in [1.29, 1.82) is 0 Å². The van der Waals surface area contributed by atoms with Crippen LogP contribution in [0.3, 0.4) is 0 Å². The van der Waals surface area contributed by atoms with Crippen LogP contribution in [0.4, 0.5) is 5.69 Å². The first-order chi connectivity index (χ1) is 14.9. The van der Waals surface area contributed by atoms with Crippen molar-refractivity contribution in [3.63, 3.8) is 0 Å². The molecule has 156 valence electrons. The smallest absolute Gasteiger partial charge is 0.269 e. The maximum atomic E-state index is 12.8. The zero-order chi connectivity index (χ0) is 22.0. The van der Waals surface area contributed by atoms with Crippen molar-refractivity contribution < 1.29 is 23.9 Å². The van der Waals surface area contributed by atoms with E-state index in [4.69, 9.17) is 14.2 Å². The highest BCUT2D eigenvalue weighted by Crippen LogP contribution is 2.37. The fraction of sp³-hybridized carbons (Fsp3) is 0.125. The number of allylic oxidation sites excluding steroid dienone is 1. The van der Waals surface area contributed by atoms with Crippen molar-refractivity contribution in [2.24, 2.45) is 0 Å². The number of methoxy groups -OCH3 is 1. The van der Waals surface area contributed by atoms with E-state index < -0.39 is 4.92 Å². The summed E-state index contributed by atoms with van der Waals surface area (Å²) in [6.07, 6.45) is 1.69. The van der Waals surface area contributed by atoms with Crippen LogP contribution in [0.1, 0.15) is 27.0 Å². The summed E-state index contributed by atoms with van der Waals surface area (Å²) in [5.41, 5.74) is 2.91. The summed E-state index contributed by atoms with van der Waals surface area (Å²) in [7, 11) is 1.60. The number of ketones is 1. The molecule has 0 atom stereocenters. The van der Waals surface area contributed by atoms with Crippen LogP contribution in [0.2, 0.25) is 0 Å². The van der Waals surface area contributed by atoms with E-state index >= 15 is 0 Å². The SMILES string of the molecule is COc1ccc(/C=C2\Oc3cc(OCc4ccc([N+](=O)[O-])cc4)cc(C)c3C2=O)cc1. The van der Waals surface area contributed by atoms with Gasteiger partial charge in [0, 0.05) is 18.2 Å². The van der Waals surface area contributed by atoms with Crippen molar-refractivity contribution in [3.05, 3.63) is 98.8 Å². The molecule has 0 aromatic heterocycles. The molecule has 0 amide bonds. The molecular weight excluding hydrogens is 398 g/mol. The van der Waals surface area contributed by atoms with Gasteiger partial charge in [0.2, 0.25) is 5.78 Å². The number of fused-ring (bicyclic) bond motifs is 1. The van der Waals surface area contributed by atoms with E-state index in [-0.39, 0.29) is 23.8 Å². The van der Waals surface area contributed by atoms with Gasteiger partial charge in [-0.05, 0) is 60.0 Å². The molecule has 1 aliphatic rings. The Balaban J connectivity index is 1.51. The van der Waals surface area contributed by atoms with Crippen molar-refractivity contribution >= 4 is 17.5 Å². The number of Topliss-reactive ketones (excluding diaryl/α,β-unsaturated/α-hetero) is 1. The fourth-order valence-electron chi connectivity index (χ4n) is 3.29. The lowest BCUT2D eigenvalue weighted by Crippen LogP contribution is -2.00. The molecule has 0 aliphatic carbocycles. The number of aryl methyl sites for hydroxylation is 1. The first-order valence-corrected chi connectivity index (χ1v) is 9.53. The minimum atomic E-state index is -0.445. The maximum absolute atomic E-state index is 12.8. The molecule has 0 bridgehead atoms. The Bertz CT molecular complexity index is 1180. The molecule has 1 heterocycles. The van der Waals surface area contributed by atoms with E-state index in [1.54, 1.807) is 37.5 Å². The Kier molecular flexibility index (Phi) is 5.41. The molecule has 0 spiro atoms. The van der Waals surface area contributed by atoms with Crippen LogP contribution >= 0.6 is 0 Å². The number of nitro groups is 1. The van der Waals surface area contributed by atoms with Gasteiger partial charge in [-0.15, -0.1) is 0 Å². The third kappa shape index (κ3) is 4.25. The second-order valence-electron chi connectivity index (χ2n) is 7.04. The average molecular weight is 417 g/mol. The normalized spacial score (nSPS) is 13.6. The number of non-ortho nitro benzene ring substituents is 1. The number of benzene rings is 3. The lowest BCUT2D eigenvalue weighted by molar-refractivity contribution is -0.384. The molecule has 0 saturated heterocycles.